The van der Waals surface area contributed by atoms with Crippen LogP contribution in [0.2, 0.25) is 0 Å². The summed E-state index contributed by atoms with van der Waals surface area (Å²) in [6.07, 6.45) is 11.0. The minimum absolute atomic E-state index is 0. The van der Waals surface area contributed by atoms with Gasteiger partial charge >= 0.3 is 0 Å². The Kier molecular flexibility index (Phi) is 19.8. The smallest absolute Gasteiger partial charge is 0 e. The Balaban J connectivity index is 0. The van der Waals surface area contributed by atoms with Gasteiger partial charge in [-0.1, -0.05) is 69.7 Å². The van der Waals surface area contributed by atoms with Gasteiger partial charge in [0.25, 0.3) is 0 Å². The van der Waals surface area contributed by atoms with Crippen LogP contribution in [0, 0.1) is 81.7 Å². The zero-order valence-electron chi connectivity index (χ0n) is 11.5. The first-order chi connectivity index (χ1) is 7.83. The molecule has 0 saturated heterocycles. The van der Waals surface area contributed by atoms with Crippen LogP contribution in [0.1, 0.15) is 57.4 Å². The van der Waals surface area contributed by atoms with E-state index in [0.717, 1.165) is 0 Å². The van der Waals surface area contributed by atoms with Crippen molar-refractivity contribution in [2.45, 2.75) is 58.3 Å². The van der Waals surface area contributed by atoms with Gasteiger partial charge in [0.15, 0.2) is 0 Å². The van der Waals surface area contributed by atoms with E-state index in [2.05, 4.69) is 40.4 Å². The minimum Gasteiger partial charge on any atom is -0.106 e. The normalized spacial score (nSPS) is 9.44. The van der Waals surface area contributed by atoms with Gasteiger partial charge in [0.1, 0.15) is 0 Å². The second-order valence-corrected chi connectivity index (χ2v) is 5.28. The summed E-state index contributed by atoms with van der Waals surface area (Å²) in [6.45, 7) is 2.27. The van der Waals surface area contributed by atoms with E-state index in [1.807, 2.05) is 0 Å². The number of unbranched alkanes of at least 4 members (excludes halogenated alkanes) is 6. The van der Waals surface area contributed by atoms with Crippen LogP contribution in [0.3, 0.4) is 0 Å². The predicted molar refractivity (Wildman–Crippen MR) is 77.5 cm³/mol. The number of hydrogen-bond donors (Lipinski definition) is 0. The first kappa shape index (κ1) is 22.6. The third kappa shape index (κ3) is 12.1. The van der Waals surface area contributed by atoms with Crippen molar-refractivity contribution in [3.63, 3.8) is 0 Å². The fourth-order valence-corrected chi connectivity index (χ4v) is 2.16. The summed E-state index contributed by atoms with van der Waals surface area (Å²) < 4.78 is 0. The second kappa shape index (κ2) is 15.7. The molecule has 1 atom stereocenters. The third-order valence-corrected chi connectivity index (χ3v) is 3.43. The monoisotopic (exact) mass is 520 g/mol. The Morgan fingerprint density at radius 1 is 0.778 bits per heavy atom. The van der Waals surface area contributed by atoms with Crippen molar-refractivity contribution in [2.75, 3.05) is 0 Å². The first-order valence-electron chi connectivity index (χ1n) is 6.67. The van der Waals surface area contributed by atoms with Crippen molar-refractivity contribution in [1.29, 1.82) is 0 Å². The summed E-state index contributed by atoms with van der Waals surface area (Å²) in [7, 11) is 2.73. The molecule has 0 fully saturated rings. The topological polar surface area (TPSA) is 0 Å². The zero-order chi connectivity index (χ0) is 11.6. The molecule has 0 spiro atoms. The molecule has 0 aliphatic rings. The van der Waals surface area contributed by atoms with Crippen LogP contribution in [0.25, 0.3) is 0 Å². The Bertz CT molecular complexity index is 272. The number of hydrogen-bond acceptors (Lipinski definition) is 0. The van der Waals surface area contributed by atoms with E-state index in [4.69, 9.17) is 0 Å². The molecule has 0 heterocycles. The SMILES string of the molecule is CCCCCCCCCc1ccc(P)cc1.[Nd].[Nd]. The van der Waals surface area contributed by atoms with E-state index in [1.54, 1.807) is 0 Å². The molecule has 1 rings (SSSR count). The molecule has 1 unspecified atom stereocenters. The van der Waals surface area contributed by atoms with Gasteiger partial charge in [-0.3, -0.25) is 0 Å². The number of aryl methyl sites for hydroxylation is 1. The molecule has 1 aromatic carbocycles. The molecular weight excluding hydrogens is 500 g/mol. The van der Waals surface area contributed by atoms with Gasteiger partial charge in [-0.05, 0) is 23.7 Å². The van der Waals surface area contributed by atoms with Crippen molar-refractivity contribution in [3.8, 4) is 0 Å². The van der Waals surface area contributed by atoms with Crippen molar-refractivity contribution >= 4 is 14.5 Å². The van der Waals surface area contributed by atoms with Crippen LogP contribution in [-0.2, 0) is 6.42 Å². The maximum absolute atomic E-state index is 2.73. The van der Waals surface area contributed by atoms with Gasteiger partial charge in [-0.15, -0.1) is 9.24 Å². The van der Waals surface area contributed by atoms with Gasteiger partial charge in [0.2, 0.25) is 0 Å². The summed E-state index contributed by atoms with van der Waals surface area (Å²) in [5.41, 5.74) is 1.49. The van der Waals surface area contributed by atoms with E-state index in [-0.39, 0.29) is 81.7 Å². The predicted octanol–water partition coefficient (Wildman–Crippen LogP) is 4.48. The van der Waals surface area contributed by atoms with Crippen LogP contribution < -0.4 is 5.30 Å². The van der Waals surface area contributed by atoms with Crippen LogP contribution in [0.5, 0.6) is 0 Å². The van der Waals surface area contributed by atoms with Crippen LogP contribution in [0.4, 0.5) is 0 Å². The third-order valence-electron chi connectivity index (χ3n) is 3.05. The van der Waals surface area contributed by atoms with Gasteiger partial charge in [-0.25, -0.2) is 0 Å². The van der Waals surface area contributed by atoms with Crippen molar-refractivity contribution < 1.29 is 81.7 Å². The quantitative estimate of drug-likeness (QED) is 0.348. The van der Waals surface area contributed by atoms with E-state index in [9.17, 15) is 0 Å². The Labute approximate surface area is 181 Å². The summed E-state index contributed by atoms with van der Waals surface area (Å²) in [4.78, 5) is 0. The molecule has 3 heteroatoms. The number of rotatable bonds is 8. The molecular formula is C15H25Nd2P. The van der Waals surface area contributed by atoms with Crippen molar-refractivity contribution in [2.24, 2.45) is 0 Å². The molecule has 0 radical (unpaired) electrons. The summed E-state index contributed by atoms with van der Waals surface area (Å²) in [5.74, 6) is 0. The fourth-order valence-electron chi connectivity index (χ4n) is 1.97. The molecule has 0 saturated carbocycles. The molecule has 0 bridgehead atoms. The first-order valence-corrected chi connectivity index (χ1v) is 7.25. The Hall–Kier alpha value is 2.35. The number of benzene rings is 1. The maximum atomic E-state index is 2.73. The Morgan fingerprint density at radius 3 is 1.83 bits per heavy atom. The molecule has 18 heavy (non-hydrogen) atoms. The molecule has 98 valence electrons. The molecule has 0 aliphatic carbocycles. The largest absolute Gasteiger partial charge is 0.106 e. The van der Waals surface area contributed by atoms with Gasteiger partial charge in [0, 0.05) is 81.7 Å². The Morgan fingerprint density at radius 2 is 1.28 bits per heavy atom. The van der Waals surface area contributed by atoms with E-state index < -0.39 is 0 Å². The van der Waals surface area contributed by atoms with Crippen molar-refractivity contribution in [1.82, 2.24) is 0 Å². The van der Waals surface area contributed by atoms with E-state index in [0.29, 0.717) is 0 Å². The summed E-state index contributed by atoms with van der Waals surface area (Å²) in [6, 6.07) is 8.86. The van der Waals surface area contributed by atoms with E-state index >= 15 is 0 Å². The zero-order valence-corrected chi connectivity index (χ0v) is 19.1. The summed E-state index contributed by atoms with van der Waals surface area (Å²) in [5, 5.41) is 1.28. The molecule has 0 aliphatic heterocycles. The second-order valence-electron chi connectivity index (χ2n) is 4.61. The van der Waals surface area contributed by atoms with Crippen LogP contribution in [-0.4, -0.2) is 0 Å². The molecule has 0 amide bonds. The van der Waals surface area contributed by atoms with Crippen molar-refractivity contribution in [3.05, 3.63) is 29.8 Å². The van der Waals surface area contributed by atoms with Crippen LogP contribution >= 0.6 is 9.24 Å². The average molecular weight is 525 g/mol. The molecule has 0 aromatic heterocycles. The molecule has 0 N–H and O–H groups in total. The molecule has 0 nitrogen and oxygen atoms in total. The summed E-state index contributed by atoms with van der Waals surface area (Å²) >= 11 is 0. The van der Waals surface area contributed by atoms with Gasteiger partial charge in [0.05, 0.1) is 0 Å². The van der Waals surface area contributed by atoms with Gasteiger partial charge in [-0.2, -0.15) is 0 Å². The van der Waals surface area contributed by atoms with Crippen LogP contribution in [0.15, 0.2) is 24.3 Å². The maximum Gasteiger partial charge on any atom is 0 e. The van der Waals surface area contributed by atoms with E-state index in [1.165, 1.54) is 62.2 Å². The average Bonchev–Trinajstić information content (AvgIpc) is 2.30. The van der Waals surface area contributed by atoms with Gasteiger partial charge < -0.3 is 0 Å². The minimum atomic E-state index is 0. The molecule has 1 aromatic rings. The standard InChI is InChI=1S/C15H25P.2Nd/c1-2-3-4-5-6-7-8-9-14-10-12-15(16)13-11-14;;/h10-13H,2-9,16H2,1H3;;. The fraction of sp³-hybridized carbons (Fsp3) is 0.600.